The van der Waals surface area contributed by atoms with Gasteiger partial charge in [0.05, 0.1) is 6.54 Å². The molecule has 13 heavy (non-hydrogen) atoms. The highest BCUT2D eigenvalue weighted by Crippen LogP contribution is 2.14. The fraction of sp³-hybridized carbons (Fsp3) is 0.900. The third-order valence-corrected chi connectivity index (χ3v) is 2.99. The van der Waals surface area contributed by atoms with E-state index in [1.54, 1.807) is 0 Å². The highest BCUT2D eigenvalue weighted by Gasteiger charge is 2.20. The van der Waals surface area contributed by atoms with Crippen molar-refractivity contribution in [1.82, 2.24) is 9.80 Å². The molecular formula is C10H20N2O. The molecule has 0 N–H and O–H groups in total. The van der Waals surface area contributed by atoms with Crippen molar-refractivity contribution in [2.24, 2.45) is 0 Å². The maximum Gasteiger partial charge on any atom is 0.133 e. The number of likely N-dealkylation sites (N-methyl/N-ethyl adjacent to an activating group) is 1. The van der Waals surface area contributed by atoms with E-state index in [9.17, 15) is 4.79 Å². The van der Waals surface area contributed by atoms with Gasteiger partial charge in [-0.1, -0.05) is 6.92 Å². The van der Waals surface area contributed by atoms with E-state index < -0.39 is 0 Å². The van der Waals surface area contributed by atoms with E-state index in [4.69, 9.17) is 0 Å². The number of nitrogens with zero attached hydrogens (tertiary/aromatic N) is 2. The molecule has 1 aliphatic heterocycles. The zero-order valence-corrected chi connectivity index (χ0v) is 8.70. The molecule has 0 radical (unpaired) electrons. The van der Waals surface area contributed by atoms with Gasteiger partial charge in [-0.05, 0) is 39.5 Å². The maximum atomic E-state index is 10.3. The molecule has 0 unspecified atom stereocenters. The van der Waals surface area contributed by atoms with Gasteiger partial charge in [-0.25, -0.2) is 0 Å². The fourth-order valence-electron chi connectivity index (χ4n) is 1.94. The van der Waals surface area contributed by atoms with E-state index in [1.165, 1.54) is 25.9 Å². The molecule has 1 saturated heterocycles. The number of carbonyl (C=O) groups is 1. The number of piperidine rings is 1. The zero-order chi connectivity index (χ0) is 9.68. The van der Waals surface area contributed by atoms with Crippen LogP contribution in [0.1, 0.15) is 19.8 Å². The topological polar surface area (TPSA) is 23.6 Å². The molecule has 1 fully saturated rings. The Morgan fingerprint density at radius 3 is 2.54 bits per heavy atom. The molecule has 0 aromatic heterocycles. The molecule has 0 saturated carbocycles. The van der Waals surface area contributed by atoms with E-state index in [-0.39, 0.29) is 0 Å². The van der Waals surface area contributed by atoms with Crippen LogP contribution in [0.15, 0.2) is 0 Å². The largest absolute Gasteiger partial charge is 0.303 e. The summed E-state index contributed by atoms with van der Waals surface area (Å²) in [4.78, 5) is 15.0. The quantitative estimate of drug-likeness (QED) is 0.598. The summed E-state index contributed by atoms with van der Waals surface area (Å²) in [6, 6.07) is 0.619. The Hall–Kier alpha value is -0.410. The summed E-state index contributed by atoms with van der Waals surface area (Å²) in [6.07, 6.45) is 3.41. The molecule has 0 bridgehead atoms. The van der Waals surface area contributed by atoms with Crippen molar-refractivity contribution < 1.29 is 4.79 Å². The van der Waals surface area contributed by atoms with Crippen LogP contribution in [-0.4, -0.2) is 55.4 Å². The standard InChI is InChI=1S/C10H20N2O/c1-3-12-6-4-10(5-7-12)11(2)8-9-13/h9-10H,3-8H2,1-2H3. The lowest BCUT2D eigenvalue weighted by Crippen LogP contribution is -2.43. The molecule has 0 aliphatic carbocycles. The van der Waals surface area contributed by atoms with Crippen LogP contribution in [0, 0.1) is 0 Å². The number of aldehydes is 1. The van der Waals surface area contributed by atoms with Gasteiger partial charge in [0.2, 0.25) is 0 Å². The van der Waals surface area contributed by atoms with Crippen LogP contribution in [0.4, 0.5) is 0 Å². The second kappa shape index (κ2) is 5.35. The Labute approximate surface area is 80.7 Å². The lowest BCUT2D eigenvalue weighted by molar-refractivity contribution is -0.109. The van der Waals surface area contributed by atoms with Crippen molar-refractivity contribution in [3.05, 3.63) is 0 Å². The molecule has 0 amide bonds. The molecule has 3 nitrogen and oxygen atoms in total. The fourth-order valence-corrected chi connectivity index (χ4v) is 1.94. The summed E-state index contributed by atoms with van der Waals surface area (Å²) >= 11 is 0. The van der Waals surface area contributed by atoms with Crippen molar-refractivity contribution in [3.8, 4) is 0 Å². The van der Waals surface area contributed by atoms with Gasteiger partial charge in [0, 0.05) is 6.04 Å². The minimum atomic E-state index is 0.580. The molecule has 0 aromatic carbocycles. The lowest BCUT2D eigenvalue weighted by atomic mass is 10.0. The minimum Gasteiger partial charge on any atom is -0.303 e. The zero-order valence-electron chi connectivity index (χ0n) is 8.70. The van der Waals surface area contributed by atoms with Crippen molar-refractivity contribution in [1.29, 1.82) is 0 Å². The van der Waals surface area contributed by atoms with Crippen LogP contribution in [0.5, 0.6) is 0 Å². The molecule has 3 heteroatoms. The molecule has 1 aliphatic rings. The summed E-state index contributed by atoms with van der Waals surface area (Å²) in [7, 11) is 2.04. The second-order valence-electron chi connectivity index (χ2n) is 3.77. The van der Waals surface area contributed by atoms with Gasteiger partial charge in [0.1, 0.15) is 6.29 Å². The third-order valence-electron chi connectivity index (χ3n) is 2.99. The number of carbonyl (C=O) groups excluding carboxylic acids is 1. The molecular weight excluding hydrogens is 164 g/mol. The van der Waals surface area contributed by atoms with E-state index in [1.807, 2.05) is 7.05 Å². The Balaban J connectivity index is 2.27. The van der Waals surface area contributed by atoms with E-state index in [0.29, 0.717) is 12.6 Å². The first-order chi connectivity index (χ1) is 6.27. The van der Waals surface area contributed by atoms with Gasteiger partial charge in [0.25, 0.3) is 0 Å². The maximum absolute atomic E-state index is 10.3. The Kier molecular flexibility index (Phi) is 4.39. The smallest absolute Gasteiger partial charge is 0.133 e. The van der Waals surface area contributed by atoms with Crippen LogP contribution in [0.3, 0.4) is 0 Å². The molecule has 0 aromatic rings. The summed E-state index contributed by atoms with van der Waals surface area (Å²) in [5.41, 5.74) is 0. The lowest BCUT2D eigenvalue weighted by Gasteiger charge is -2.35. The van der Waals surface area contributed by atoms with Crippen LogP contribution in [0.25, 0.3) is 0 Å². The van der Waals surface area contributed by atoms with Crippen LogP contribution in [-0.2, 0) is 4.79 Å². The van der Waals surface area contributed by atoms with Crippen molar-refractivity contribution in [2.45, 2.75) is 25.8 Å². The van der Waals surface area contributed by atoms with Gasteiger partial charge in [-0.15, -0.1) is 0 Å². The highest BCUT2D eigenvalue weighted by atomic mass is 16.1. The molecule has 1 rings (SSSR count). The first-order valence-electron chi connectivity index (χ1n) is 5.14. The summed E-state index contributed by atoms with van der Waals surface area (Å²) in [5, 5.41) is 0. The number of hydrogen-bond acceptors (Lipinski definition) is 3. The first-order valence-corrected chi connectivity index (χ1v) is 5.14. The van der Waals surface area contributed by atoms with Crippen LogP contribution < -0.4 is 0 Å². The van der Waals surface area contributed by atoms with Gasteiger partial charge in [-0.3, -0.25) is 4.90 Å². The third kappa shape index (κ3) is 3.08. The van der Waals surface area contributed by atoms with Crippen LogP contribution in [0.2, 0.25) is 0 Å². The molecule has 0 atom stereocenters. The number of hydrogen-bond donors (Lipinski definition) is 0. The predicted molar refractivity (Wildman–Crippen MR) is 53.8 cm³/mol. The normalized spacial score (nSPS) is 20.8. The summed E-state index contributed by atoms with van der Waals surface area (Å²) in [6.45, 7) is 6.31. The highest BCUT2D eigenvalue weighted by molar-refractivity contribution is 5.51. The molecule has 0 spiro atoms. The van der Waals surface area contributed by atoms with Gasteiger partial charge < -0.3 is 9.69 Å². The Bertz CT molecular complexity index is 153. The molecule has 1 heterocycles. The first kappa shape index (κ1) is 10.7. The van der Waals surface area contributed by atoms with Crippen molar-refractivity contribution in [3.63, 3.8) is 0 Å². The minimum absolute atomic E-state index is 0.580. The second-order valence-corrected chi connectivity index (χ2v) is 3.77. The number of rotatable bonds is 4. The summed E-state index contributed by atoms with van der Waals surface area (Å²) < 4.78 is 0. The van der Waals surface area contributed by atoms with Gasteiger partial charge in [-0.2, -0.15) is 0 Å². The van der Waals surface area contributed by atoms with E-state index in [2.05, 4.69) is 16.7 Å². The Morgan fingerprint density at radius 2 is 2.08 bits per heavy atom. The van der Waals surface area contributed by atoms with Gasteiger partial charge in [0.15, 0.2) is 0 Å². The van der Waals surface area contributed by atoms with Crippen molar-refractivity contribution >= 4 is 6.29 Å². The Morgan fingerprint density at radius 1 is 1.46 bits per heavy atom. The summed E-state index contributed by atoms with van der Waals surface area (Å²) in [5.74, 6) is 0. The molecule has 76 valence electrons. The van der Waals surface area contributed by atoms with Crippen molar-refractivity contribution in [2.75, 3.05) is 33.2 Å². The average Bonchev–Trinajstić information content (AvgIpc) is 2.18. The number of likely N-dealkylation sites (tertiary alicyclic amines) is 1. The monoisotopic (exact) mass is 184 g/mol. The van der Waals surface area contributed by atoms with Crippen LogP contribution >= 0.6 is 0 Å². The van der Waals surface area contributed by atoms with E-state index >= 15 is 0 Å². The SMILES string of the molecule is CCN1CCC(N(C)CC=O)CC1. The van der Waals surface area contributed by atoms with Gasteiger partial charge >= 0.3 is 0 Å². The average molecular weight is 184 g/mol. The van der Waals surface area contributed by atoms with E-state index in [0.717, 1.165) is 12.8 Å². The predicted octanol–water partition coefficient (Wildman–Crippen LogP) is 0.601.